The Labute approximate surface area is 60.2 Å². The number of halogens is 2. The lowest BCUT2D eigenvalue weighted by molar-refractivity contribution is 1.43. The molecule has 0 spiro atoms. The lowest BCUT2D eigenvalue weighted by Crippen LogP contribution is -1.82. The summed E-state index contributed by atoms with van der Waals surface area (Å²) < 4.78 is 0.836. The summed E-state index contributed by atoms with van der Waals surface area (Å²) in [5.41, 5.74) is 5.22. The second-order valence-electron chi connectivity index (χ2n) is 1.13. The van der Waals surface area contributed by atoms with E-state index in [2.05, 4.69) is 4.98 Å². The number of thiazole rings is 1. The predicted octanol–water partition coefficient (Wildman–Crippen LogP) is 2.03. The fourth-order valence-electron chi connectivity index (χ4n) is 0.288. The fourth-order valence-corrected chi connectivity index (χ4v) is 1.43. The van der Waals surface area contributed by atoms with Crippen molar-refractivity contribution in [1.29, 1.82) is 0 Å². The summed E-state index contributed by atoms with van der Waals surface area (Å²) in [6.45, 7) is 0. The van der Waals surface area contributed by atoms with Gasteiger partial charge >= 0.3 is 0 Å². The summed E-state index contributed by atoms with van der Waals surface area (Å²) in [6.07, 6.45) is 0. The Hall–Kier alpha value is 0.01000. The second kappa shape index (κ2) is 2.09. The van der Waals surface area contributed by atoms with Crippen molar-refractivity contribution in [3.05, 3.63) is 8.80 Å². The zero-order valence-electron chi connectivity index (χ0n) is 3.69. The molecule has 0 amide bonds. The highest BCUT2D eigenvalue weighted by atomic mass is 35.5. The molecule has 0 aliphatic rings. The van der Waals surface area contributed by atoms with Gasteiger partial charge < -0.3 is 5.73 Å². The third-order valence-electron chi connectivity index (χ3n) is 0.584. The quantitative estimate of drug-likeness (QED) is 0.645. The van der Waals surface area contributed by atoms with E-state index >= 15 is 0 Å². The minimum atomic E-state index is 0.307. The van der Waals surface area contributed by atoms with E-state index in [1.807, 2.05) is 0 Å². The maximum Gasteiger partial charge on any atom is 0.187 e. The van der Waals surface area contributed by atoms with Gasteiger partial charge in [0.2, 0.25) is 0 Å². The van der Waals surface area contributed by atoms with Crippen LogP contribution in [0.5, 0.6) is 0 Å². The number of nitrogen functional groups attached to an aromatic ring is 1. The third-order valence-corrected chi connectivity index (χ3v) is 1.97. The van der Waals surface area contributed by atoms with Crippen LogP contribution < -0.4 is 5.73 Å². The van der Waals surface area contributed by atoms with Gasteiger partial charge in [0.05, 0.1) is 0 Å². The van der Waals surface area contributed by atoms with E-state index in [-0.39, 0.29) is 0 Å². The molecule has 1 heterocycles. The van der Waals surface area contributed by atoms with Gasteiger partial charge in [-0.15, -0.1) is 0 Å². The Morgan fingerprint density at radius 3 is 2.25 bits per heavy atom. The second-order valence-corrected chi connectivity index (χ2v) is 3.31. The normalized spacial score (nSPS) is 9.75. The van der Waals surface area contributed by atoms with Crippen LogP contribution in [0.2, 0.25) is 8.80 Å². The highest BCUT2D eigenvalue weighted by Crippen LogP contribution is 2.28. The van der Waals surface area contributed by atoms with E-state index in [0.717, 1.165) is 11.3 Å². The molecule has 0 saturated heterocycles. The first-order valence-corrected chi connectivity index (χ1v) is 3.34. The van der Waals surface area contributed by atoms with E-state index in [1.165, 1.54) is 0 Å². The first kappa shape index (κ1) is 6.13. The molecule has 0 aliphatic carbocycles. The third kappa shape index (κ3) is 1.05. The maximum atomic E-state index is 5.48. The molecule has 0 aromatic carbocycles. The van der Waals surface area contributed by atoms with Crippen molar-refractivity contribution in [2.45, 2.75) is 0 Å². The van der Waals surface area contributed by atoms with Gasteiger partial charge in [-0.05, 0) is 0 Å². The van der Waals surface area contributed by atoms with Crippen LogP contribution in [0.4, 0.5) is 5.82 Å². The SMILES string of the molecule is Nc1nc(Cl)sc1Cl. The smallest absolute Gasteiger partial charge is 0.187 e. The van der Waals surface area contributed by atoms with Gasteiger partial charge in [0.15, 0.2) is 10.3 Å². The summed E-state index contributed by atoms with van der Waals surface area (Å²) >= 11 is 12.0. The van der Waals surface area contributed by atoms with Gasteiger partial charge in [-0.3, -0.25) is 0 Å². The Balaban J connectivity index is 3.14. The molecule has 2 nitrogen and oxygen atoms in total. The van der Waals surface area contributed by atoms with Crippen molar-refractivity contribution < 1.29 is 0 Å². The lowest BCUT2D eigenvalue weighted by Gasteiger charge is -1.75. The van der Waals surface area contributed by atoms with Gasteiger partial charge in [-0.2, -0.15) is 0 Å². The zero-order valence-corrected chi connectivity index (χ0v) is 6.02. The first-order valence-electron chi connectivity index (χ1n) is 1.77. The van der Waals surface area contributed by atoms with E-state index in [0.29, 0.717) is 14.6 Å². The molecule has 2 N–H and O–H groups in total. The van der Waals surface area contributed by atoms with Gasteiger partial charge in [0.1, 0.15) is 4.34 Å². The average Bonchev–Trinajstić information content (AvgIpc) is 1.85. The molecule has 1 rings (SSSR count). The van der Waals surface area contributed by atoms with Crippen LogP contribution >= 0.6 is 34.5 Å². The first-order chi connectivity index (χ1) is 3.70. The van der Waals surface area contributed by atoms with Crippen molar-refractivity contribution in [3.63, 3.8) is 0 Å². The topological polar surface area (TPSA) is 38.9 Å². The maximum absolute atomic E-state index is 5.48. The highest BCUT2D eigenvalue weighted by Gasteiger charge is 2.00. The number of hydrogen-bond donors (Lipinski definition) is 1. The number of rotatable bonds is 0. The van der Waals surface area contributed by atoms with E-state index in [4.69, 9.17) is 28.9 Å². The minimum absolute atomic E-state index is 0.307. The molecule has 0 saturated carbocycles. The number of anilines is 1. The molecule has 5 heteroatoms. The molecular formula is C3H2Cl2N2S. The van der Waals surface area contributed by atoms with Crippen LogP contribution in [0.3, 0.4) is 0 Å². The molecule has 0 bridgehead atoms. The van der Waals surface area contributed by atoms with Gasteiger partial charge in [-0.1, -0.05) is 34.5 Å². The number of nitrogens with two attached hydrogens (primary N) is 1. The zero-order chi connectivity index (χ0) is 6.15. The van der Waals surface area contributed by atoms with Gasteiger partial charge in [0.25, 0.3) is 0 Å². The van der Waals surface area contributed by atoms with Crippen molar-refractivity contribution in [3.8, 4) is 0 Å². The monoisotopic (exact) mass is 168 g/mol. The molecule has 1 aromatic rings. The largest absolute Gasteiger partial charge is 0.382 e. The van der Waals surface area contributed by atoms with Crippen LogP contribution in [0.25, 0.3) is 0 Å². The van der Waals surface area contributed by atoms with Crippen LogP contribution in [-0.2, 0) is 0 Å². The molecule has 0 radical (unpaired) electrons. The molecule has 0 aliphatic heterocycles. The molecule has 8 heavy (non-hydrogen) atoms. The molecular weight excluding hydrogens is 167 g/mol. The molecule has 0 fully saturated rings. The molecule has 0 atom stereocenters. The summed E-state index contributed by atoms with van der Waals surface area (Å²) in [6, 6.07) is 0. The van der Waals surface area contributed by atoms with Crippen molar-refractivity contribution in [1.82, 2.24) is 4.98 Å². The Morgan fingerprint density at radius 2 is 2.12 bits per heavy atom. The van der Waals surface area contributed by atoms with Crippen LogP contribution in [-0.4, -0.2) is 4.98 Å². The Bertz CT molecular complexity index is 178. The van der Waals surface area contributed by atoms with Crippen LogP contribution in [0, 0.1) is 0 Å². The van der Waals surface area contributed by atoms with Crippen molar-refractivity contribution >= 4 is 40.4 Å². The predicted molar refractivity (Wildman–Crippen MR) is 36.5 cm³/mol. The summed E-state index contributed by atoms with van der Waals surface area (Å²) in [5, 5.41) is 0. The standard InChI is InChI=1S/C3H2Cl2N2S/c4-1-2(6)7-3(5)8-1/h6H2. The summed E-state index contributed by atoms with van der Waals surface area (Å²) in [4.78, 5) is 3.64. The van der Waals surface area contributed by atoms with Crippen molar-refractivity contribution in [2.24, 2.45) is 0 Å². The van der Waals surface area contributed by atoms with Gasteiger partial charge in [-0.25, -0.2) is 4.98 Å². The Kier molecular flexibility index (Phi) is 1.60. The fraction of sp³-hybridized carbons (Fsp3) is 0. The average molecular weight is 169 g/mol. The van der Waals surface area contributed by atoms with Gasteiger partial charge in [0, 0.05) is 0 Å². The van der Waals surface area contributed by atoms with E-state index < -0.39 is 0 Å². The van der Waals surface area contributed by atoms with Crippen LogP contribution in [0.15, 0.2) is 0 Å². The van der Waals surface area contributed by atoms with E-state index in [1.54, 1.807) is 0 Å². The molecule has 0 unspecified atom stereocenters. The number of hydrogen-bond acceptors (Lipinski definition) is 3. The van der Waals surface area contributed by atoms with Crippen LogP contribution in [0.1, 0.15) is 0 Å². The highest BCUT2D eigenvalue weighted by molar-refractivity contribution is 7.20. The summed E-state index contributed by atoms with van der Waals surface area (Å²) in [5.74, 6) is 0.307. The number of nitrogens with zero attached hydrogens (tertiary/aromatic N) is 1. The Morgan fingerprint density at radius 1 is 1.50 bits per heavy atom. The minimum Gasteiger partial charge on any atom is -0.382 e. The van der Waals surface area contributed by atoms with Crippen molar-refractivity contribution in [2.75, 3.05) is 5.73 Å². The lowest BCUT2D eigenvalue weighted by atomic mass is 10.8. The number of aromatic nitrogens is 1. The summed E-state index contributed by atoms with van der Waals surface area (Å²) in [7, 11) is 0. The van der Waals surface area contributed by atoms with E-state index in [9.17, 15) is 0 Å². The molecule has 44 valence electrons. The molecule has 1 aromatic heterocycles.